The quantitative estimate of drug-likeness (QED) is 0.838. The monoisotopic (exact) mass is 377 g/mol. The molecule has 148 valence electrons. The molecular weight excluding hydrogens is 349 g/mol. The summed E-state index contributed by atoms with van der Waals surface area (Å²) >= 11 is 0. The molecule has 0 bridgehead atoms. The Kier molecular flexibility index (Phi) is 6.11. The maximum atomic E-state index is 13.3. The second-order valence-electron chi connectivity index (χ2n) is 7.63. The first-order valence-corrected chi connectivity index (χ1v) is 9.62. The minimum atomic E-state index is -0.969. The first kappa shape index (κ1) is 19.8. The Morgan fingerprint density at radius 1 is 1.37 bits per heavy atom. The normalized spacial score (nSPS) is 17.6. The number of carbonyl (C=O) groups excluding carboxylic acids is 1. The largest absolute Gasteiger partial charge is 0.384 e. The molecular formula is C20H28FN3O3. The van der Waals surface area contributed by atoms with E-state index in [2.05, 4.69) is 10.1 Å². The van der Waals surface area contributed by atoms with Crippen molar-refractivity contribution in [1.29, 1.82) is 0 Å². The Labute approximate surface area is 158 Å². The molecule has 2 aromatic rings. The summed E-state index contributed by atoms with van der Waals surface area (Å²) in [6, 6.07) is 4.62. The van der Waals surface area contributed by atoms with E-state index in [1.54, 1.807) is 11.0 Å². The van der Waals surface area contributed by atoms with Gasteiger partial charge in [-0.15, -0.1) is 0 Å². The van der Waals surface area contributed by atoms with E-state index in [0.29, 0.717) is 18.0 Å². The minimum absolute atomic E-state index is 0.0616. The molecule has 1 atom stereocenters. The molecule has 2 heterocycles. The van der Waals surface area contributed by atoms with Crippen LogP contribution in [0.3, 0.4) is 0 Å². The highest BCUT2D eigenvalue weighted by Gasteiger charge is 2.26. The maximum Gasteiger partial charge on any atom is 0.251 e. The van der Waals surface area contributed by atoms with Gasteiger partial charge < -0.3 is 19.4 Å². The molecule has 1 aliphatic rings. The molecule has 0 aliphatic carbocycles. The van der Waals surface area contributed by atoms with Gasteiger partial charge in [0.05, 0.1) is 5.69 Å². The molecule has 1 aromatic heterocycles. The van der Waals surface area contributed by atoms with Crippen molar-refractivity contribution in [1.82, 2.24) is 15.0 Å². The lowest BCUT2D eigenvalue weighted by atomic mass is 9.91. The lowest BCUT2D eigenvalue weighted by molar-refractivity contribution is -0.141. The van der Waals surface area contributed by atoms with Crippen molar-refractivity contribution in [2.24, 2.45) is 0 Å². The Morgan fingerprint density at radius 3 is 2.70 bits per heavy atom. The van der Waals surface area contributed by atoms with Gasteiger partial charge in [0, 0.05) is 36.5 Å². The lowest BCUT2D eigenvalue weighted by Crippen LogP contribution is -2.47. The van der Waals surface area contributed by atoms with E-state index in [4.69, 9.17) is 4.52 Å². The van der Waals surface area contributed by atoms with Gasteiger partial charge in [-0.1, -0.05) is 5.16 Å². The summed E-state index contributed by atoms with van der Waals surface area (Å²) in [5.74, 6) is -0.240. The Bertz CT molecular complexity index is 782. The highest BCUT2D eigenvalue weighted by Crippen LogP contribution is 2.32. The van der Waals surface area contributed by atoms with Crippen LogP contribution >= 0.6 is 0 Å². The first-order chi connectivity index (χ1) is 12.9. The van der Waals surface area contributed by atoms with Crippen molar-refractivity contribution in [3.63, 3.8) is 0 Å². The fourth-order valence-electron chi connectivity index (χ4n) is 3.77. The van der Waals surface area contributed by atoms with Crippen LogP contribution < -0.4 is 0 Å². The van der Waals surface area contributed by atoms with Crippen LogP contribution in [0.4, 0.5) is 4.39 Å². The predicted octanol–water partition coefficient (Wildman–Crippen LogP) is 2.76. The summed E-state index contributed by atoms with van der Waals surface area (Å²) in [7, 11) is 0. The van der Waals surface area contributed by atoms with Crippen molar-refractivity contribution in [2.45, 2.75) is 51.7 Å². The van der Waals surface area contributed by atoms with Crippen LogP contribution in [-0.4, -0.2) is 64.3 Å². The standard InChI is InChI=1S/C20H28FN3O3/c1-13(2)24(20(26)14(3)25)11-10-23-8-6-15(7-9-23)19-17-5-4-16(21)12-18(17)27-22-19/h4-5,12-15,25H,6-11H2,1-3H3/t14-/m0/s1. The third-order valence-corrected chi connectivity index (χ3v) is 5.36. The second-order valence-corrected chi connectivity index (χ2v) is 7.63. The molecule has 0 spiro atoms. The molecule has 0 radical (unpaired) electrons. The van der Waals surface area contributed by atoms with E-state index in [1.165, 1.54) is 19.1 Å². The number of hydrogen-bond donors (Lipinski definition) is 1. The van der Waals surface area contributed by atoms with Gasteiger partial charge in [0.15, 0.2) is 5.58 Å². The SMILES string of the molecule is CC(C)N(CCN1CCC(c2noc3cc(F)ccc23)CC1)C(=O)[C@H](C)O. The molecule has 0 saturated carbocycles. The van der Waals surface area contributed by atoms with Gasteiger partial charge >= 0.3 is 0 Å². The van der Waals surface area contributed by atoms with Crippen LogP contribution in [0.2, 0.25) is 0 Å². The number of aliphatic hydroxyl groups is 1. The maximum absolute atomic E-state index is 13.3. The summed E-state index contributed by atoms with van der Waals surface area (Å²) in [5, 5.41) is 14.7. The summed E-state index contributed by atoms with van der Waals surface area (Å²) in [6.07, 6.45) is 0.930. The number of amides is 1. The highest BCUT2D eigenvalue weighted by atomic mass is 19.1. The number of hydrogen-bond acceptors (Lipinski definition) is 5. The number of carbonyl (C=O) groups is 1. The van der Waals surface area contributed by atoms with E-state index in [-0.39, 0.29) is 17.8 Å². The summed E-state index contributed by atoms with van der Waals surface area (Å²) in [6.45, 7) is 8.66. The third kappa shape index (κ3) is 4.47. The average molecular weight is 377 g/mol. The fourth-order valence-corrected chi connectivity index (χ4v) is 3.77. The molecule has 1 saturated heterocycles. The molecule has 1 fully saturated rings. The van der Waals surface area contributed by atoms with E-state index in [0.717, 1.165) is 43.6 Å². The molecule has 27 heavy (non-hydrogen) atoms. The van der Waals surface area contributed by atoms with E-state index >= 15 is 0 Å². The summed E-state index contributed by atoms with van der Waals surface area (Å²) in [4.78, 5) is 16.2. The van der Waals surface area contributed by atoms with E-state index in [1.807, 2.05) is 13.8 Å². The van der Waals surface area contributed by atoms with Crippen molar-refractivity contribution in [3.8, 4) is 0 Å². The van der Waals surface area contributed by atoms with Crippen LogP contribution in [0.15, 0.2) is 22.7 Å². The Balaban J connectivity index is 1.56. The highest BCUT2D eigenvalue weighted by molar-refractivity contribution is 5.80. The molecule has 7 heteroatoms. The number of rotatable bonds is 6. The first-order valence-electron chi connectivity index (χ1n) is 9.62. The topological polar surface area (TPSA) is 69.8 Å². The van der Waals surface area contributed by atoms with Gasteiger partial charge in [-0.25, -0.2) is 4.39 Å². The van der Waals surface area contributed by atoms with Crippen LogP contribution in [0.5, 0.6) is 0 Å². The number of aromatic nitrogens is 1. The van der Waals surface area contributed by atoms with Crippen LogP contribution in [0, 0.1) is 5.82 Å². The van der Waals surface area contributed by atoms with Crippen LogP contribution in [0.25, 0.3) is 11.0 Å². The summed E-state index contributed by atoms with van der Waals surface area (Å²) < 4.78 is 18.6. The summed E-state index contributed by atoms with van der Waals surface area (Å²) in [5.41, 5.74) is 1.41. The molecule has 1 aromatic carbocycles. The predicted molar refractivity (Wildman–Crippen MR) is 101 cm³/mol. The number of nitrogens with zero attached hydrogens (tertiary/aromatic N) is 3. The number of piperidine rings is 1. The number of benzene rings is 1. The Morgan fingerprint density at radius 2 is 2.07 bits per heavy atom. The number of fused-ring (bicyclic) bond motifs is 1. The number of halogens is 1. The zero-order valence-electron chi connectivity index (χ0n) is 16.2. The van der Waals surface area contributed by atoms with Crippen molar-refractivity contribution in [2.75, 3.05) is 26.2 Å². The number of likely N-dealkylation sites (tertiary alicyclic amines) is 1. The van der Waals surface area contributed by atoms with Gasteiger partial charge in [0.25, 0.3) is 5.91 Å². The van der Waals surface area contributed by atoms with Crippen LogP contribution in [-0.2, 0) is 4.79 Å². The van der Waals surface area contributed by atoms with E-state index < -0.39 is 6.10 Å². The van der Waals surface area contributed by atoms with Gasteiger partial charge in [0.2, 0.25) is 0 Å². The molecule has 1 N–H and O–H groups in total. The second kappa shape index (κ2) is 8.35. The number of aliphatic hydroxyl groups excluding tert-OH is 1. The van der Waals surface area contributed by atoms with Crippen molar-refractivity contribution >= 4 is 16.9 Å². The van der Waals surface area contributed by atoms with Crippen LogP contribution in [0.1, 0.15) is 45.2 Å². The van der Waals surface area contributed by atoms with E-state index in [9.17, 15) is 14.3 Å². The fraction of sp³-hybridized carbons (Fsp3) is 0.600. The molecule has 0 unspecified atom stereocenters. The molecule has 6 nitrogen and oxygen atoms in total. The Hall–Kier alpha value is -1.99. The molecule has 3 rings (SSSR count). The van der Waals surface area contributed by atoms with Gasteiger partial charge in [-0.2, -0.15) is 0 Å². The molecule has 1 aliphatic heterocycles. The zero-order valence-corrected chi connectivity index (χ0v) is 16.2. The average Bonchev–Trinajstić information content (AvgIpc) is 3.04. The molecule has 1 amide bonds. The van der Waals surface area contributed by atoms with Gasteiger partial charge in [-0.05, 0) is 58.8 Å². The van der Waals surface area contributed by atoms with Crippen molar-refractivity contribution in [3.05, 3.63) is 29.7 Å². The smallest absolute Gasteiger partial charge is 0.251 e. The minimum Gasteiger partial charge on any atom is -0.384 e. The van der Waals surface area contributed by atoms with Gasteiger partial charge in [0.1, 0.15) is 11.9 Å². The lowest BCUT2D eigenvalue weighted by Gasteiger charge is -2.34. The van der Waals surface area contributed by atoms with Gasteiger partial charge in [-0.3, -0.25) is 4.79 Å². The third-order valence-electron chi connectivity index (χ3n) is 5.36. The zero-order chi connectivity index (χ0) is 19.6. The van der Waals surface area contributed by atoms with Crippen molar-refractivity contribution < 1.29 is 18.8 Å².